The molecule has 0 amide bonds. The summed E-state index contributed by atoms with van der Waals surface area (Å²) in [5.41, 5.74) is 2.13. The maximum Gasteiger partial charge on any atom is 0.169 e. The van der Waals surface area contributed by atoms with Gasteiger partial charge in [-0.15, -0.1) is 0 Å². The van der Waals surface area contributed by atoms with Crippen LogP contribution in [0.25, 0.3) is 0 Å². The molecule has 3 rings (SSSR count). The summed E-state index contributed by atoms with van der Waals surface area (Å²) in [5, 5.41) is -0.307. The molecule has 4 heteroatoms. The predicted octanol–water partition coefficient (Wildman–Crippen LogP) is 4.61. The minimum absolute atomic E-state index is 0.207. The molecule has 108 valence electrons. The highest BCUT2D eigenvalue weighted by atomic mass is 35.5. The number of Topliss-reactive ketones (excluding diaryl/α,β-unsaturated/α-hetero) is 1. The topological polar surface area (TPSA) is 17.1 Å². The van der Waals surface area contributed by atoms with Crippen molar-refractivity contribution in [2.45, 2.75) is 19.3 Å². The van der Waals surface area contributed by atoms with Gasteiger partial charge in [0.15, 0.2) is 5.78 Å². The van der Waals surface area contributed by atoms with Gasteiger partial charge >= 0.3 is 0 Å². The summed E-state index contributed by atoms with van der Waals surface area (Å²) < 4.78 is 27.3. The number of benzene rings is 2. The summed E-state index contributed by atoms with van der Waals surface area (Å²) in [5.74, 6) is -2.18. The normalized spacial score (nSPS) is 17.4. The fourth-order valence-corrected chi connectivity index (χ4v) is 3.00. The van der Waals surface area contributed by atoms with Crippen LogP contribution in [0.4, 0.5) is 8.78 Å². The van der Waals surface area contributed by atoms with E-state index >= 15 is 0 Å². The molecule has 0 fully saturated rings. The van der Waals surface area contributed by atoms with Crippen molar-refractivity contribution in [3.8, 4) is 0 Å². The summed E-state index contributed by atoms with van der Waals surface area (Å²) >= 11 is 5.52. The van der Waals surface area contributed by atoms with E-state index in [0.29, 0.717) is 12.8 Å². The van der Waals surface area contributed by atoms with Crippen LogP contribution >= 0.6 is 11.6 Å². The minimum Gasteiger partial charge on any atom is -0.294 e. The Bertz CT molecular complexity index is 712. The maximum atomic E-state index is 13.9. The van der Waals surface area contributed by atoms with Crippen molar-refractivity contribution in [3.05, 3.63) is 69.7 Å². The van der Waals surface area contributed by atoms with Crippen molar-refractivity contribution in [3.63, 3.8) is 0 Å². The molecule has 1 aliphatic rings. The third kappa shape index (κ3) is 2.70. The number of carbonyl (C=O) groups is 1. The van der Waals surface area contributed by atoms with Gasteiger partial charge < -0.3 is 0 Å². The summed E-state index contributed by atoms with van der Waals surface area (Å²) in [4.78, 5) is 12.4. The first-order valence-corrected chi connectivity index (χ1v) is 7.19. The van der Waals surface area contributed by atoms with Gasteiger partial charge in [0.2, 0.25) is 0 Å². The van der Waals surface area contributed by atoms with Crippen molar-refractivity contribution in [1.29, 1.82) is 0 Å². The molecule has 2 aromatic carbocycles. The monoisotopic (exact) mass is 306 g/mol. The Labute approximate surface area is 126 Å². The third-order valence-electron chi connectivity index (χ3n) is 3.99. The Hall–Kier alpha value is -1.74. The SMILES string of the molecule is O=C(c1cc(F)c(Cl)cc1F)C1CCc2ccccc2C1. The van der Waals surface area contributed by atoms with Crippen molar-refractivity contribution in [2.24, 2.45) is 5.92 Å². The number of hydrogen-bond donors (Lipinski definition) is 0. The van der Waals surface area contributed by atoms with E-state index in [0.717, 1.165) is 24.1 Å². The molecule has 0 aromatic heterocycles. The summed E-state index contributed by atoms with van der Waals surface area (Å²) in [6.07, 6.45) is 2.00. The number of fused-ring (bicyclic) bond motifs is 1. The number of hydrogen-bond acceptors (Lipinski definition) is 1. The summed E-state index contributed by atoms with van der Waals surface area (Å²) in [6, 6.07) is 9.68. The number of rotatable bonds is 2. The third-order valence-corrected chi connectivity index (χ3v) is 4.28. The molecule has 0 bridgehead atoms. The van der Waals surface area contributed by atoms with Crippen LogP contribution in [0, 0.1) is 17.6 Å². The van der Waals surface area contributed by atoms with Crippen LogP contribution in [0.15, 0.2) is 36.4 Å². The summed E-state index contributed by atoms with van der Waals surface area (Å²) in [6.45, 7) is 0. The van der Waals surface area contributed by atoms with E-state index in [1.165, 1.54) is 5.56 Å². The molecular weight excluding hydrogens is 294 g/mol. The molecule has 0 N–H and O–H groups in total. The largest absolute Gasteiger partial charge is 0.294 e. The molecule has 0 aliphatic heterocycles. The van der Waals surface area contributed by atoms with Crippen LogP contribution in [0.5, 0.6) is 0 Å². The van der Waals surface area contributed by atoms with E-state index in [1.807, 2.05) is 24.3 Å². The Balaban J connectivity index is 1.89. The van der Waals surface area contributed by atoms with Gasteiger partial charge in [-0.1, -0.05) is 35.9 Å². The van der Waals surface area contributed by atoms with E-state index in [9.17, 15) is 13.6 Å². The zero-order valence-corrected chi connectivity index (χ0v) is 12.0. The van der Waals surface area contributed by atoms with Crippen LogP contribution in [-0.2, 0) is 12.8 Å². The second-order valence-electron chi connectivity index (χ2n) is 5.32. The fourth-order valence-electron chi connectivity index (χ4n) is 2.85. The Morgan fingerprint density at radius 1 is 1.10 bits per heavy atom. The molecule has 1 atom stereocenters. The number of ketones is 1. The second-order valence-corrected chi connectivity index (χ2v) is 5.73. The molecule has 0 saturated carbocycles. The van der Waals surface area contributed by atoms with E-state index in [-0.39, 0.29) is 22.3 Å². The lowest BCUT2D eigenvalue weighted by Crippen LogP contribution is -2.23. The van der Waals surface area contributed by atoms with Gasteiger partial charge in [-0.05, 0) is 42.5 Å². The van der Waals surface area contributed by atoms with E-state index in [1.54, 1.807) is 0 Å². The Morgan fingerprint density at radius 2 is 1.81 bits per heavy atom. The maximum absolute atomic E-state index is 13.9. The van der Waals surface area contributed by atoms with Gasteiger partial charge in [-0.3, -0.25) is 4.79 Å². The molecule has 2 aromatic rings. The number of carbonyl (C=O) groups excluding carboxylic acids is 1. The highest BCUT2D eigenvalue weighted by Gasteiger charge is 2.27. The molecular formula is C17H13ClF2O. The first kappa shape index (κ1) is 14.2. The van der Waals surface area contributed by atoms with Gasteiger partial charge in [0.1, 0.15) is 11.6 Å². The Morgan fingerprint density at radius 3 is 2.57 bits per heavy atom. The smallest absolute Gasteiger partial charge is 0.169 e. The van der Waals surface area contributed by atoms with Crippen molar-refractivity contribution >= 4 is 17.4 Å². The number of aryl methyl sites for hydroxylation is 1. The highest BCUT2D eigenvalue weighted by Crippen LogP contribution is 2.29. The van der Waals surface area contributed by atoms with Gasteiger partial charge in [-0.25, -0.2) is 8.78 Å². The van der Waals surface area contributed by atoms with Crippen LogP contribution in [0.2, 0.25) is 5.02 Å². The summed E-state index contributed by atoms with van der Waals surface area (Å²) in [7, 11) is 0. The van der Waals surface area contributed by atoms with Crippen LogP contribution in [0.1, 0.15) is 27.9 Å². The van der Waals surface area contributed by atoms with Crippen LogP contribution in [-0.4, -0.2) is 5.78 Å². The van der Waals surface area contributed by atoms with E-state index < -0.39 is 11.6 Å². The number of halogens is 3. The molecule has 1 aliphatic carbocycles. The lowest BCUT2D eigenvalue weighted by atomic mass is 9.80. The molecule has 1 unspecified atom stereocenters. The average Bonchev–Trinajstić information content (AvgIpc) is 2.50. The van der Waals surface area contributed by atoms with Crippen molar-refractivity contribution < 1.29 is 13.6 Å². The van der Waals surface area contributed by atoms with Gasteiger partial charge in [0, 0.05) is 5.92 Å². The highest BCUT2D eigenvalue weighted by molar-refractivity contribution is 6.30. The van der Waals surface area contributed by atoms with E-state index in [2.05, 4.69) is 0 Å². The van der Waals surface area contributed by atoms with Crippen LogP contribution in [0.3, 0.4) is 0 Å². The molecule has 0 spiro atoms. The molecule has 0 heterocycles. The van der Waals surface area contributed by atoms with Gasteiger partial charge in [0.05, 0.1) is 10.6 Å². The van der Waals surface area contributed by atoms with Gasteiger partial charge in [0.25, 0.3) is 0 Å². The lowest BCUT2D eigenvalue weighted by Gasteiger charge is -2.23. The molecule has 0 radical (unpaired) electrons. The molecule has 21 heavy (non-hydrogen) atoms. The second kappa shape index (κ2) is 5.57. The zero-order valence-electron chi connectivity index (χ0n) is 11.2. The van der Waals surface area contributed by atoms with Gasteiger partial charge in [-0.2, -0.15) is 0 Å². The first-order valence-electron chi connectivity index (χ1n) is 6.82. The first-order chi connectivity index (χ1) is 10.1. The average molecular weight is 307 g/mol. The molecule has 1 nitrogen and oxygen atoms in total. The van der Waals surface area contributed by atoms with E-state index in [4.69, 9.17) is 11.6 Å². The fraction of sp³-hybridized carbons (Fsp3) is 0.235. The minimum atomic E-state index is -0.766. The zero-order chi connectivity index (χ0) is 15.0. The quantitative estimate of drug-likeness (QED) is 0.585. The predicted molar refractivity (Wildman–Crippen MR) is 77.7 cm³/mol. The lowest BCUT2D eigenvalue weighted by molar-refractivity contribution is 0.0904. The standard InChI is InChI=1S/C17H13ClF2O/c18-14-9-15(19)13(8-16(14)20)17(21)12-6-5-10-3-1-2-4-11(10)7-12/h1-4,8-9,12H,5-7H2. The Kier molecular flexibility index (Phi) is 3.77. The molecule has 0 saturated heterocycles. The van der Waals surface area contributed by atoms with Crippen molar-refractivity contribution in [1.82, 2.24) is 0 Å². The van der Waals surface area contributed by atoms with Crippen LogP contribution < -0.4 is 0 Å². The van der Waals surface area contributed by atoms with Crippen molar-refractivity contribution in [2.75, 3.05) is 0 Å².